The molecule has 6 heteroatoms. The Morgan fingerprint density at radius 1 is 0.912 bits per heavy atom. The van der Waals surface area contributed by atoms with Crippen LogP contribution in [0.25, 0.3) is 22.0 Å². The molecule has 1 aliphatic rings. The van der Waals surface area contributed by atoms with Crippen molar-refractivity contribution in [1.82, 2.24) is 14.9 Å². The predicted molar refractivity (Wildman–Crippen MR) is 140 cm³/mol. The molecule has 5 rings (SSSR count). The Labute approximate surface area is 201 Å². The summed E-state index contributed by atoms with van der Waals surface area (Å²) in [4.78, 5) is 14.4. The van der Waals surface area contributed by atoms with Gasteiger partial charge in [-0.15, -0.1) is 0 Å². The fraction of sp³-hybridized carbons (Fsp3) is 0.286. The summed E-state index contributed by atoms with van der Waals surface area (Å²) in [7, 11) is 1.68. The van der Waals surface area contributed by atoms with Crippen LogP contribution in [0.4, 0.5) is 17.3 Å². The first-order chi connectivity index (χ1) is 16.7. The highest BCUT2D eigenvalue weighted by Crippen LogP contribution is 2.29. The van der Waals surface area contributed by atoms with Crippen molar-refractivity contribution in [2.24, 2.45) is 0 Å². The molecule has 3 aromatic carbocycles. The fourth-order valence-corrected chi connectivity index (χ4v) is 4.55. The number of methoxy groups -OCH3 is 1. The van der Waals surface area contributed by atoms with Gasteiger partial charge in [-0.3, -0.25) is 4.90 Å². The van der Waals surface area contributed by atoms with Crippen LogP contribution in [0.1, 0.15) is 13.3 Å². The first kappa shape index (κ1) is 22.2. The van der Waals surface area contributed by atoms with E-state index >= 15 is 0 Å². The lowest BCUT2D eigenvalue weighted by Gasteiger charge is -2.36. The average Bonchev–Trinajstić information content (AvgIpc) is 2.89. The third kappa shape index (κ3) is 4.82. The average molecular weight is 454 g/mol. The molecule has 0 saturated carbocycles. The second kappa shape index (κ2) is 10.1. The Morgan fingerprint density at radius 2 is 1.68 bits per heavy atom. The van der Waals surface area contributed by atoms with Crippen molar-refractivity contribution in [1.29, 1.82) is 0 Å². The van der Waals surface area contributed by atoms with Crippen molar-refractivity contribution < 1.29 is 4.74 Å². The summed E-state index contributed by atoms with van der Waals surface area (Å²) in [5, 5.41) is 4.39. The molecule has 1 aliphatic heterocycles. The maximum Gasteiger partial charge on any atom is 0.227 e. The zero-order chi connectivity index (χ0) is 23.3. The normalized spacial score (nSPS) is 14.4. The molecular weight excluding hydrogens is 422 g/mol. The van der Waals surface area contributed by atoms with E-state index in [9.17, 15) is 0 Å². The molecule has 1 fully saturated rings. The summed E-state index contributed by atoms with van der Waals surface area (Å²) in [5.74, 6) is 1.43. The largest absolute Gasteiger partial charge is 0.497 e. The summed E-state index contributed by atoms with van der Waals surface area (Å²) in [6, 6.07) is 22.8. The number of fused-ring (bicyclic) bond motifs is 1. The molecule has 0 bridgehead atoms. The summed E-state index contributed by atoms with van der Waals surface area (Å²) in [6.07, 6.45) is 3.10. The van der Waals surface area contributed by atoms with E-state index in [4.69, 9.17) is 9.72 Å². The van der Waals surface area contributed by atoms with Gasteiger partial charge in [0, 0.05) is 54.7 Å². The Kier molecular flexibility index (Phi) is 6.58. The number of nitrogens with one attached hydrogen (secondary N) is 1. The van der Waals surface area contributed by atoms with Gasteiger partial charge >= 0.3 is 0 Å². The number of anilines is 3. The zero-order valence-corrected chi connectivity index (χ0v) is 19.9. The van der Waals surface area contributed by atoms with Crippen LogP contribution in [0.3, 0.4) is 0 Å². The third-order valence-corrected chi connectivity index (χ3v) is 6.41. The Hall–Kier alpha value is -3.64. The zero-order valence-electron chi connectivity index (χ0n) is 19.9. The van der Waals surface area contributed by atoms with Crippen LogP contribution >= 0.6 is 0 Å². The third-order valence-electron chi connectivity index (χ3n) is 6.41. The summed E-state index contributed by atoms with van der Waals surface area (Å²) >= 11 is 0. The molecule has 4 aromatic rings. The second-order valence-electron chi connectivity index (χ2n) is 8.67. The molecule has 0 atom stereocenters. The van der Waals surface area contributed by atoms with E-state index in [2.05, 4.69) is 69.5 Å². The number of hydrogen-bond acceptors (Lipinski definition) is 6. The molecular formula is C28H31N5O. The molecule has 0 amide bonds. The molecule has 2 heterocycles. The topological polar surface area (TPSA) is 53.5 Å². The lowest BCUT2D eigenvalue weighted by Crippen LogP contribution is -2.46. The molecule has 0 spiro atoms. The van der Waals surface area contributed by atoms with Gasteiger partial charge in [0.1, 0.15) is 5.75 Å². The lowest BCUT2D eigenvalue weighted by atomic mass is 10.0. The van der Waals surface area contributed by atoms with E-state index < -0.39 is 0 Å². The van der Waals surface area contributed by atoms with E-state index in [1.54, 1.807) is 7.11 Å². The molecule has 0 aliphatic carbocycles. The van der Waals surface area contributed by atoms with E-state index in [1.165, 1.54) is 18.7 Å². The molecule has 1 aromatic heterocycles. The van der Waals surface area contributed by atoms with E-state index in [0.29, 0.717) is 5.95 Å². The van der Waals surface area contributed by atoms with Crippen molar-refractivity contribution in [2.45, 2.75) is 13.3 Å². The van der Waals surface area contributed by atoms with Crippen LogP contribution in [0.5, 0.6) is 5.75 Å². The molecule has 0 unspecified atom stereocenters. The van der Waals surface area contributed by atoms with Crippen LogP contribution in [0, 0.1) is 0 Å². The number of ether oxygens (including phenoxy) is 1. The van der Waals surface area contributed by atoms with Gasteiger partial charge in [0.05, 0.1) is 12.6 Å². The molecule has 6 nitrogen and oxygen atoms in total. The highest BCUT2D eigenvalue weighted by atomic mass is 16.5. The van der Waals surface area contributed by atoms with Crippen molar-refractivity contribution in [3.05, 3.63) is 72.9 Å². The predicted octanol–water partition coefficient (Wildman–Crippen LogP) is 5.58. The van der Waals surface area contributed by atoms with Crippen LogP contribution in [-0.4, -0.2) is 54.7 Å². The monoisotopic (exact) mass is 453 g/mol. The number of nitrogens with zero attached hydrogens (tertiary/aromatic N) is 4. The minimum Gasteiger partial charge on any atom is -0.497 e. The van der Waals surface area contributed by atoms with Crippen LogP contribution in [0.15, 0.2) is 72.9 Å². The van der Waals surface area contributed by atoms with Crippen LogP contribution in [0.2, 0.25) is 0 Å². The lowest BCUT2D eigenvalue weighted by molar-refractivity contribution is 0.258. The van der Waals surface area contributed by atoms with Gasteiger partial charge in [-0.2, -0.15) is 0 Å². The fourth-order valence-electron chi connectivity index (χ4n) is 4.55. The van der Waals surface area contributed by atoms with Gasteiger partial charge < -0.3 is 15.0 Å². The van der Waals surface area contributed by atoms with E-state index in [-0.39, 0.29) is 0 Å². The SMILES string of the molecule is CCCN1CCN(c2ccc(Nc3ncc4cccc(-c5ccc(OC)cc5)c4n3)cc2)CC1. The number of para-hydroxylation sites is 1. The van der Waals surface area contributed by atoms with Crippen molar-refractivity contribution in [3.8, 4) is 16.9 Å². The van der Waals surface area contributed by atoms with Crippen molar-refractivity contribution >= 4 is 28.2 Å². The minimum atomic E-state index is 0.592. The maximum atomic E-state index is 5.30. The highest BCUT2D eigenvalue weighted by Gasteiger charge is 2.16. The minimum absolute atomic E-state index is 0.592. The second-order valence-corrected chi connectivity index (χ2v) is 8.67. The van der Waals surface area contributed by atoms with Gasteiger partial charge in [-0.25, -0.2) is 9.97 Å². The highest BCUT2D eigenvalue weighted by molar-refractivity contribution is 5.94. The van der Waals surface area contributed by atoms with Gasteiger partial charge in [-0.05, 0) is 54.9 Å². The smallest absolute Gasteiger partial charge is 0.227 e. The van der Waals surface area contributed by atoms with Gasteiger partial charge in [0.15, 0.2) is 0 Å². The molecule has 174 valence electrons. The number of hydrogen-bond donors (Lipinski definition) is 1. The quantitative estimate of drug-likeness (QED) is 0.394. The first-order valence-corrected chi connectivity index (χ1v) is 12.0. The molecule has 34 heavy (non-hydrogen) atoms. The first-order valence-electron chi connectivity index (χ1n) is 12.0. The summed E-state index contributed by atoms with van der Waals surface area (Å²) < 4.78 is 5.30. The number of aromatic nitrogens is 2. The maximum absolute atomic E-state index is 5.30. The standard InChI is InChI=1S/C28H31N5O/c1-3-15-32-16-18-33(19-17-32)24-11-9-23(10-12-24)30-28-29-20-22-5-4-6-26(27(22)31-28)21-7-13-25(34-2)14-8-21/h4-14,20H,3,15-19H2,1-2H3,(H,29,30,31). The Morgan fingerprint density at radius 3 is 2.38 bits per heavy atom. The number of piperazine rings is 1. The van der Waals surface area contributed by atoms with Gasteiger partial charge in [0.25, 0.3) is 0 Å². The number of benzene rings is 3. The van der Waals surface area contributed by atoms with E-state index in [1.807, 2.05) is 30.5 Å². The molecule has 1 saturated heterocycles. The molecule has 1 N–H and O–H groups in total. The van der Waals surface area contributed by atoms with Gasteiger partial charge in [-0.1, -0.05) is 37.3 Å². The Bertz CT molecular complexity index is 1230. The van der Waals surface area contributed by atoms with Gasteiger partial charge in [0.2, 0.25) is 5.95 Å². The van der Waals surface area contributed by atoms with Crippen molar-refractivity contribution in [3.63, 3.8) is 0 Å². The summed E-state index contributed by atoms with van der Waals surface area (Å²) in [6.45, 7) is 7.87. The van der Waals surface area contributed by atoms with Crippen LogP contribution in [-0.2, 0) is 0 Å². The van der Waals surface area contributed by atoms with Crippen molar-refractivity contribution in [2.75, 3.05) is 50.1 Å². The molecule has 0 radical (unpaired) electrons. The number of rotatable bonds is 7. The Balaban J connectivity index is 1.33. The summed E-state index contributed by atoms with van der Waals surface area (Å²) in [5.41, 5.74) is 5.34. The van der Waals surface area contributed by atoms with Crippen LogP contribution < -0.4 is 15.0 Å². The van der Waals surface area contributed by atoms with E-state index in [0.717, 1.165) is 59.6 Å².